The van der Waals surface area contributed by atoms with E-state index in [0.29, 0.717) is 11.1 Å². The first-order chi connectivity index (χ1) is 17.3. The van der Waals surface area contributed by atoms with E-state index < -0.39 is 40.2 Å². The summed E-state index contributed by atoms with van der Waals surface area (Å²) in [6.45, 7) is 3.07. The number of nitrogens with one attached hydrogen (secondary N) is 1. The Morgan fingerprint density at radius 3 is 2.49 bits per heavy atom. The van der Waals surface area contributed by atoms with E-state index >= 15 is 0 Å². The lowest BCUT2D eigenvalue weighted by atomic mass is 9.86. The zero-order valence-corrected chi connectivity index (χ0v) is 21.9. The maximum absolute atomic E-state index is 14.2. The summed E-state index contributed by atoms with van der Waals surface area (Å²) >= 11 is 11.9. The number of oxime groups is 1. The molecule has 200 valence electrons. The average molecular weight is 580 g/mol. The third kappa shape index (κ3) is 5.44. The summed E-state index contributed by atoms with van der Waals surface area (Å²) in [6, 6.07) is 7.50. The molecule has 2 aliphatic rings. The van der Waals surface area contributed by atoms with Crippen LogP contribution >= 0.6 is 23.2 Å². The summed E-state index contributed by atoms with van der Waals surface area (Å²) < 4.78 is 67.4. The number of nitrogens with zero attached hydrogens (tertiary/aromatic N) is 2. The van der Waals surface area contributed by atoms with Gasteiger partial charge in [0.1, 0.15) is 0 Å². The molecule has 0 aliphatic carbocycles. The van der Waals surface area contributed by atoms with Gasteiger partial charge >= 0.3 is 6.18 Å². The van der Waals surface area contributed by atoms with Gasteiger partial charge in [-0.2, -0.15) is 13.2 Å². The van der Waals surface area contributed by atoms with E-state index in [9.17, 15) is 26.4 Å². The molecule has 1 N–H and O–H groups in total. The summed E-state index contributed by atoms with van der Waals surface area (Å²) in [5.74, 6) is -0.613. The van der Waals surface area contributed by atoms with Gasteiger partial charge < -0.3 is 10.2 Å². The molecular formula is C23H22Cl2F3N3O5S. The summed E-state index contributed by atoms with van der Waals surface area (Å²) in [6.07, 6.45) is -5.46. The Kier molecular flexibility index (Phi) is 7.52. The Morgan fingerprint density at radius 2 is 1.89 bits per heavy atom. The molecule has 2 aliphatic heterocycles. The molecule has 0 aromatic heterocycles. The minimum atomic E-state index is -4.83. The molecule has 37 heavy (non-hydrogen) atoms. The van der Waals surface area contributed by atoms with Crippen LogP contribution in [0.2, 0.25) is 10.0 Å². The Morgan fingerprint density at radius 1 is 1.22 bits per heavy atom. The van der Waals surface area contributed by atoms with Crippen LogP contribution in [0.4, 0.5) is 13.2 Å². The molecule has 2 aromatic carbocycles. The van der Waals surface area contributed by atoms with E-state index in [1.54, 1.807) is 6.92 Å². The van der Waals surface area contributed by atoms with Crippen molar-refractivity contribution in [3.05, 3.63) is 68.7 Å². The number of hydrogen-bond acceptors (Lipinski definition) is 6. The van der Waals surface area contributed by atoms with E-state index in [-0.39, 0.29) is 45.8 Å². The molecule has 1 unspecified atom stereocenters. The number of hydroxylamine groups is 1. The van der Waals surface area contributed by atoms with Crippen LogP contribution in [0.15, 0.2) is 41.6 Å². The Labute approximate surface area is 221 Å². The van der Waals surface area contributed by atoms with Crippen molar-refractivity contribution in [2.24, 2.45) is 5.16 Å². The summed E-state index contributed by atoms with van der Waals surface area (Å²) in [5.41, 5.74) is -1.92. The molecule has 1 saturated heterocycles. The fourth-order valence-electron chi connectivity index (χ4n) is 4.09. The second-order valence-electron chi connectivity index (χ2n) is 8.67. The van der Waals surface area contributed by atoms with Gasteiger partial charge in [0.25, 0.3) is 11.5 Å². The number of sulfonamides is 1. The second-order valence-corrected chi connectivity index (χ2v) is 11.7. The minimum absolute atomic E-state index is 0.0106. The fraction of sp³-hybridized carbons (Fsp3) is 0.391. The number of alkyl halides is 3. The van der Waals surface area contributed by atoms with Crippen LogP contribution in [0, 0.1) is 6.92 Å². The first-order valence-electron chi connectivity index (χ1n) is 11.1. The summed E-state index contributed by atoms with van der Waals surface area (Å²) in [4.78, 5) is 23.0. The van der Waals surface area contributed by atoms with Crippen molar-refractivity contribution < 1.29 is 36.1 Å². The highest BCUT2D eigenvalue weighted by Crippen LogP contribution is 2.49. The SMILES string of the molecule is CCS(=O)(=O)N1C[C@@H](NC(=O)c2ccc(C3=NOC(c4cc(Cl)cc(Cl)c4)(C(F)(F)F)C3)cc2C)CO1. The molecule has 0 bridgehead atoms. The van der Waals surface area contributed by atoms with Gasteiger partial charge in [0.05, 0.1) is 30.7 Å². The van der Waals surface area contributed by atoms with Gasteiger partial charge in [-0.25, -0.2) is 8.42 Å². The Hall–Kier alpha value is -2.38. The van der Waals surface area contributed by atoms with Crippen LogP contribution in [-0.2, 0) is 25.3 Å². The number of aryl methyl sites for hydroxylation is 1. The Bertz CT molecular complexity index is 1350. The third-order valence-electron chi connectivity index (χ3n) is 6.12. The molecule has 14 heteroatoms. The first kappa shape index (κ1) is 27.6. The monoisotopic (exact) mass is 579 g/mol. The van der Waals surface area contributed by atoms with Gasteiger partial charge in [-0.05, 0) is 55.3 Å². The molecule has 1 fully saturated rings. The molecule has 8 nitrogen and oxygen atoms in total. The maximum atomic E-state index is 14.2. The second kappa shape index (κ2) is 10.1. The summed E-state index contributed by atoms with van der Waals surface area (Å²) in [5, 5.41) is 6.50. The first-order valence-corrected chi connectivity index (χ1v) is 13.5. The average Bonchev–Trinajstić information content (AvgIpc) is 3.47. The highest BCUT2D eigenvalue weighted by atomic mass is 35.5. The largest absolute Gasteiger partial charge is 0.435 e. The number of amides is 1. The van der Waals surface area contributed by atoms with Crippen molar-refractivity contribution in [3.8, 4) is 0 Å². The topological polar surface area (TPSA) is 97.3 Å². The van der Waals surface area contributed by atoms with Crippen LogP contribution < -0.4 is 5.32 Å². The number of carbonyl (C=O) groups excluding carboxylic acids is 1. The molecule has 2 atom stereocenters. The number of halogens is 5. The number of carbonyl (C=O) groups is 1. The van der Waals surface area contributed by atoms with Crippen molar-refractivity contribution in [1.29, 1.82) is 0 Å². The van der Waals surface area contributed by atoms with Crippen LogP contribution in [0.1, 0.15) is 40.4 Å². The van der Waals surface area contributed by atoms with Crippen molar-refractivity contribution in [2.75, 3.05) is 18.9 Å². The molecular weight excluding hydrogens is 558 g/mol. The number of rotatable bonds is 6. The molecule has 4 rings (SSSR count). The van der Waals surface area contributed by atoms with Crippen molar-refractivity contribution in [2.45, 2.75) is 38.1 Å². The molecule has 2 aromatic rings. The van der Waals surface area contributed by atoms with E-state index in [2.05, 4.69) is 10.5 Å². The standard InChI is InChI=1S/C23H22Cl2F3N3O5S/c1-3-37(33,34)31-11-18(12-35-31)29-21(32)19-5-4-14(6-13(19)2)20-10-22(36-30-20,23(26,27)28)15-7-16(24)9-17(25)8-15/h4-9,18H,3,10-12H2,1-2H3,(H,29,32)/t18-,22?/m1/s1. The van der Waals surface area contributed by atoms with Gasteiger partial charge in [-0.15, -0.1) is 0 Å². The minimum Gasteiger partial charge on any atom is -0.374 e. The van der Waals surface area contributed by atoms with Crippen molar-refractivity contribution >= 4 is 44.8 Å². The molecule has 0 radical (unpaired) electrons. The van der Waals surface area contributed by atoms with E-state index in [1.807, 2.05) is 0 Å². The van der Waals surface area contributed by atoms with E-state index in [0.717, 1.165) is 16.6 Å². The van der Waals surface area contributed by atoms with Gasteiger partial charge in [-0.1, -0.05) is 38.9 Å². The highest BCUT2D eigenvalue weighted by Gasteiger charge is 2.62. The van der Waals surface area contributed by atoms with Gasteiger partial charge in [0.2, 0.25) is 10.0 Å². The quantitative estimate of drug-likeness (QED) is 0.540. The maximum Gasteiger partial charge on any atom is 0.435 e. The van der Waals surface area contributed by atoms with Crippen LogP contribution in [0.3, 0.4) is 0 Å². The molecule has 0 saturated carbocycles. The molecule has 1 amide bonds. The number of hydrogen-bond donors (Lipinski definition) is 1. The lowest BCUT2D eigenvalue weighted by molar-refractivity contribution is -0.275. The van der Waals surface area contributed by atoms with Gasteiger partial charge in [0.15, 0.2) is 0 Å². The van der Waals surface area contributed by atoms with Crippen molar-refractivity contribution in [3.63, 3.8) is 0 Å². The predicted octanol–water partition coefficient (Wildman–Crippen LogP) is 4.58. The van der Waals surface area contributed by atoms with Crippen LogP contribution in [0.25, 0.3) is 0 Å². The third-order valence-corrected chi connectivity index (χ3v) is 8.16. The highest BCUT2D eigenvalue weighted by molar-refractivity contribution is 7.88. The van der Waals surface area contributed by atoms with Crippen LogP contribution in [0.5, 0.6) is 0 Å². The zero-order chi connectivity index (χ0) is 27.2. The molecule has 0 spiro atoms. The van der Waals surface area contributed by atoms with Crippen molar-refractivity contribution in [1.82, 2.24) is 9.79 Å². The lowest BCUT2D eigenvalue weighted by Crippen LogP contribution is -2.42. The van der Waals surface area contributed by atoms with Gasteiger partial charge in [0, 0.05) is 27.6 Å². The van der Waals surface area contributed by atoms with E-state index in [1.165, 1.54) is 31.2 Å². The zero-order valence-electron chi connectivity index (χ0n) is 19.6. The van der Waals surface area contributed by atoms with E-state index in [4.69, 9.17) is 32.9 Å². The molecule has 2 heterocycles. The smallest absolute Gasteiger partial charge is 0.374 e. The Balaban J connectivity index is 1.51. The normalized spacial score (nSPS) is 22.6. The lowest BCUT2D eigenvalue weighted by Gasteiger charge is -2.29. The summed E-state index contributed by atoms with van der Waals surface area (Å²) in [7, 11) is -3.56. The predicted molar refractivity (Wildman–Crippen MR) is 131 cm³/mol. The van der Waals surface area contributed by atoms with Gasteiger partial charge in [-0.3, -0.25) is 9.63 Å². The number of benzene rings is 2. The fourth-order valence-corrected chi connectivity index (χ4v) is 5.53. The van der Waals surface area contributed by atoms with Crippen LogP contribution in [-0.4, -0.2) is 55.6 Å².